The first-order valence-electron chi connectivity index (χ1n) is 6.96. The summed E-state index contributed by atoms with van der Waals surface area (Å²) in [5.74, 6) is 1.03. The molecule has 4 nitrogen and oxygen atoms in total. The van der Waals surface area contributed by atoms with Crippen molar-refractivity contribution in [3.63, 3.8) is 0 Å². The second-order valence-electron chi connectivity index (χ2n) is 5.13. The van der Waals surface area contributed by atoms with Crippen LogP contribution < -0.4 is 10.2 Å². The first-order chi connectivity index (χ1) is 8.65. The van der Waals surface area contributed by atoms with E-state index < -0.39 is 0 Å². The van der Waals surface area contributed by atoms with Gasteiger partial charge in [-0.15, -0.1) is 0 Å². The van der Waals surface area contributed by atoms with Gasteiger partial charge in [0.15, 0.2) is 0 Å². The first-order valence-corrected chi connectivity index (χ1v) is 6.96. The van der Waals surface area contributed by atoms with Crippen LogP contribution in [0, 0.1) is 13.8 Å². The maximum Gasteiger partial charge on any atom is 0.147 e. The van der Waals surface area contributed by atoms with Gasteiger partial charge in [-0.1, -0.05) is 13.8 Å². The van der Waals surface area contributed by atoms with Crippen LogP contribution in [-0.2, 0) is 0 Å². The van der Waals surface area contributed by atoms with E-state index in [1.807, 2.05) is 20.0 Å². The Balaban J connectivity index is 2.23. The van der Waals surface area contributed by atoms with Crippen LogP contribution in [0.1, 0.15) is 38.1 Å². The highest BCUT2D eigenvalue weighted by Crippen LogP contribution is 2.20. The van der Waals surface area contributed by atoms with Crippen molar-refractivity contribution >= 4 is 5.82 Å². The summed E-state index contributed by atoms with van der Waals surface area (Å²) in [5, 5.41) is 3.61. The summed E-state index contributed by atoms with van der Waals surface area (Å²) >= 11 is 0. The molecule has 0 radical (unpaired) electrons. The minimum atomic E-state index is 0.532. The van der Waals surface area contributed by atoms with E-state index in [9.17, 15) is 0 Å². The standard InChI is InChI=1S/C14H24N4/c1-5-12-9-18(13(6-2)7-16-12)14-8-15-10(3)11(4)17-14/h8,12-13,16H,5-7,9H2,1-4H3. The number of anilines is 1. The van der Waals surface area contributed by atoms with Gasteiger partial charge in [-0.25, -0.2) is 4.98 Å². The second-order valence-corrected chi connectivity index (χ2v) is 5.13. The fourth-order valence-electron chi connectivity index (χ4n) is 2.45. The van der Waals surface area contributed by atoms with Gasteiger partial charge in [0.1, 0.15) is 5.82 Å². The predicted molar refractivity (Wildman–Crippen MR) is 75.0 cm³/mol. The molecule has 1 aromatic rings. The van der Waals surface area contributed by atoms with Crippen molar-refractivity contribution in [2.45, 2.75) is 52.6 Å². The van der Waals surface area contributed by atoms with E-state index in [1.165, 1.54) is 0 Å². The molecule has 0 bridgehead atoms. The number of nitrogens with zero attached hydrogens (tertiary/aromatic N) is 3. The number of nitrogens with one attached hydrogen (secondary N) is 1. The van der Waals surface area contributed by atoms with E-state index in [0.29, 0.717) is 12.1 Å². The zero-order valence-electron chi connectivity index (χ0n) is 11.9. The first kappa shape index (κ1) is 13.3. The lowest BCUT2D eigenvalue weighted by Gasteiger charge is -2.40. The summed E-state index contributed by atoms with van der Waals surface area (Å²) in [6, 6.07) is 1.10. The number of rotatable bonds is 3. The van der Waals surface area contributed by atoms with E-state index >= 15 is 0 Å². The largest absolute Gasteiger partial charge is 0.350 e. The number of aryl methyl sites for hydroxylation is 2. The van der Waals surface area contributed by atoms with Gasteiger partial charge in [-0.05, 0) is 26.7 Å². The number of piperazine rings is 1. The molecule has 1 N–H and O–H groups in total. The number of aromatic nitrogens is 2. The molecular formula is C14H24N4. The van der Waals surface area contributed by atoms with Crippen LogP contribution in [0.5, 0.6) is 0 Å². The fourth-order valence-corrected chi connectivity index (χ4v) is 2.45. The normalized spacial score (nSPS) is 24.3. The Morgan fingerprint density at radius 3 is 2.67 bits per heavy atom. The summed E-state index contributed by atoms with van der Waals surface area (Å²) in [7, 11) is 0. The van der Waals surface area contributed by atoms with Crippen LogP contribution in [0.15, 0.2) is 6.20 Å². The van der Waals surface area contributed by atoms with Crippen LogP contribution in [0.2, 0.25) is 0 Å². The van der Waals surface area contributed by atoms with Crippen molar-refractivity contribution in [2.24, 2.45) is 0 Å². The molecule has 1 aromatic heterocycles. The molecule has 1 aliphatic rings. The zero-order valence-corrected chi connectivity index (χ0v) is 11.9. The van der Waals surface area contributed by atoms with E-state index in [0.717, 1.165) is 43.1 Å². The van der Waals surface area contributed by atoms with Crippen LogP contribution in [0.3, 0.4) is 0 Å². The fraction of sp³-hybridized carbons (Fsp3) is 0.714. The lowest BCUT2D eigenvalue weighted by Crippen LogP contribution is -2.56. The molecule has 0 aromatic carbocycles. The molecule has 2 rings (SSSR count). The molecule has 0 spiro atoms. The van der Waals surface area contributed by atoms with E-state index in [-0.39, 0.29) is 0 Å². The third-order valence-corrected chi connectivity index (χ3v) is 3.94. The van der Waals surface area contributed by atoms with Crippen LogP contribution in [-0.4, -0.2) is 35.1 Å². The van der Waals surface area contributed by atoms with Crippen LogP contribution >= 0.6 is 0 Å². The van der Waals surface area contributed by atoms with Gasteiger partial charge in [0.05, 0.1) is 17.6 Å². The summed E-state index contributed by atoms with van der Waals surface area (Å²) in [5.41, 5.74) is 2.06. The Hall–Kier alpha value is -1.16. The number of hydrogen-bond acceptors (Lipinski definition) is 4. The predicted octanol–water partition coefficient (Wildman–Crippen LogP) is 2.06. The monoisotopic (exact) mass is 248 g/mol. The van der Waals surface area contributed by atoms with Gasteiger partial charge in [0.25, 0.3) is 0 Å². The molecule has 100 valence electrons. The molecule has 1 saturated heterocycles. The summed E-state index contributed by atoms with van der Waals surface area (Å²) < 4.78 is 0. The third kappa shape index (κ3) is 2.64. The van der Waals surface area contributed by atoms with Gasteiger partial charge >= 0.3 is 0 Å². The Morgan fingerprint density at radius 2 is 2.06 bits per heavy atom. The minimum absolute atomic E-state index is 0.532. The average Bonchev–Trinajstić information content (AvgIpc) is 2.41. The molecule has 2 unspecified atom stereocenters. The third-order valence-electron chi connectivity index (χ3n) is 3.94. The Bertz CT molecular complexity index is 405. The van der Waals surface area contributed by atoms with Gasteiger partial charge in [0.2, 0.25) is 0 Å². The maximum absolute atomic E-state index is 4.70. The van der Waals surface area contributed by atoms with Crippen molar-refractivity contribution in [3.05, 3.63) is 17.6 Å². The molecule has 1 fully saturated rings. The van der Waals surface area contributed by atoms with Gasteiger partial charge in [-0.3, -0.25) is 4.98 Å². The summed E-state index contributed by atoms with van der Waals surface area (Å²) in [4.78, 5) is 11.6. The van der Waals surface area contributed by atoms with Gasteiger partial charge in [-0.2, -0.15) is 0 Å². The molecule has 0 amide bonds. The van der Waals surface area contributed by atoms with Crippen molar-refractivity contribution < 1.29 is 0 Å². The topological polar surface area (TPSA) is 41.1 Å². The van der Waals surface area contributed by atoms with Crippen molar-refractivity contribution in [3.8, 4) is 0 Å². The van der Waals surface area contributed by atoms with E-state index in [4.69, 9.17) is 4.98 Å². The molecule has 18 heavy (non-hydrogen) atoms. The highest BCUT2D eigenvalue weighted by Gasteiger charge is 2.27. The molecular weight excluding hydrogens is 224 g/mol. The van der Waals surface area contributed by atoms with Crippen LogP contribution in [0.25, 0.3) is 0 Å². The zero-order chi connectivity index (χ0) is 13.1. The SMILES string of the molecule is CCC1CN(c2cnc(C)c(C)n2)C(CC)CN1. The molecule has 4 heteroatoms. The highest BCUT2D eigenvalue weighted by molar-refractivity contribution is 5.40. The second kappa shape index (κ2) is 5.65. The Morgan fingerprint density at radius 1 is 1.28 bits per heavy atom. The Labute approximate surface area is 110 Å². The Kier molecular flexibility index (Phi) is 4.17. The number of hydrogen-bond donors (Lipinski definition) is 1. The molecule has 0 saturated carbocycles. The van der Waals surface area contributed by atoms with Crippen LogP contribution in [0.4, 0.5) is 5.82 Å². The van der Waals surface area contributed by atoms with Crippen molar-refractivity contribution in [1.29, 1.82) is 0 Å². The molecule has 2 atom stereocenters. The van der Waals surface area contributed by atoms with E-state index in [1.54, 1.807) is 0 Å². The van der Waals surface area contributed by atoms with Crippen molar-refractivity contribution in [1.82, 2.24) is 15.3 Å². The summed E-state index contributed by atoms with van der Waals surface area (Å²) in [6.45, 7) is 10.6. The average molecular weight is 248 g/mol. The molecule has 2 heterocycles. The quantitative estimate of drug-likeness (QED) is 0.889. The van der Waals surface area contributed by atoms with Gasteiger partial charge < -0.3 is 10.2 Å². The smallest absolute Gasteiger partial charge is 0.147 e. The highest BCUT2D eigenvalue weighted by atomic mass is 15.3. The molecule has 1 aliphatic heterocycles. The lowest BCUT2D eigenvalue weighted by atomic mass is 10.1. The molecule has 0 aliphatic carbocycles. The lowest BCUT2D eigenvalue weighted by molar-refractivity contribution is 0.376. The van der Waals surface area contributed by atoms with Crippen molar-refractivity contribution in [2.75, 3.05) is 18.0 Å². The maximum atomic E-state index is 4.70. The van der Waals surface area contributed by atoms with E-state index in [2.05, 4.69) is 29.0 Å². The minimum Gasteiger partial charge on any atom is -0.350 e. The summed E-state index contributed by atoms with van der Waals surface area (Å²) in [6.07, 6.45) is 4.21. The van der Waals surface area contributed by atoms with Gasteiger partial charge in [0, 0.05) is 25.2 Å².